The van der Waals surface area contributed by atoms with Crippen LogP contribution in [0.4, 0.5) is 0 Å². The Morgan fingerprint density at radius 1 is 1.37 bits per heavy atom. The number of aryl methyl sites for hydroxylation is 2. The van der Waals surface area contributed by atoms with E-state index >= 15 is 0 Å². The summed E-state index contributed by atoms with van der Waals surface area (Å²) < 4.78 is 5.71. The summed E-state index contributed by atoms with van der Waals surface area (Å²) in [5, 5.41) is 2.58. The molecule has 0 heterocycles. The minimum absolute atomic E-state index is 0.0103. The summed E-state index contributed by atoms with van der Waals surface area (Å²) in [6.45, 7) is 6.44. The first kappa shape index (κ1) is 15.5. The van der Waals surface area contributed by atoms with E-state index in [1.54, 1.807) is 7.05 Å². The predicted molar refractivity (Wildman–Crippen MR) is 77.4 cm³/mol. The van der Waals surface area contributed by atoms with E-state index in [2.05, 4.69) is 17.4 Å². The zero-order chi connectivity index (χ0) is 14.4. The fraction of sp³-hybridized carbons (Fsp3) is 0.533. The summed E-state index contributed by atoms with van der Waals surface area (Å²) in [5.74, 6) is 0.862. The number of hydrogen-bond donors (Lipinski definition) is 2. The fourth-order valence-corrected chi connectivity index (χ4v) is 2.13. The van der Waals surface area contributed by atoms with E-state index in [1.165, 1.54) is 5.56 Å². The second-order valence-electron chi connectivity index (χ2n) is 5.01. The maximum Gasteiger partial charge on any atom is 0.223 e. The summed E-state index contributed by atoms with van der Waals surface area (Å²) in [5.41, 5.74) is 9.22. The summed E-state index contributed by atoms with van der Waals surface area (Å²) in [7, 11) is 1.63. The number of rotatable bonds is 6. The Hall–Kier alpha value is -1.55. The van der Waals surface area contributed by atoms with Crippen LogP contribution in [0.25, 0.3) is 0 Å². The molecule has 1 rings (SSSR count). The van der Waals surface area contributed by atoms with E-state index in [0.717, 1.165) is 23.3 Å². The molecule has 1 unspecified atom stereocenters. The Bertz CT molecular complexity index is 419. The molecule has 0 fully saturated rings. The Morgan fingerprint density at radius 3 is 2.42 bits per heavy atom. The van der Waals surface area contributed by atoms with Gasteiger partial charge in [-0.15, -0.1) is 0 Å². The number of amides is 1. The van der Waals surface area contributed by atoms with Gasteiger partial charge in [0.05, 0.1) is 13.0 Å². The highest BCUT2D eigenvalue weighted by atomic mass is 16.5. The van der Waals surface area contributed by atoms with Gasteiger partial charge >= 0.3 is 0 Å². The highest BCUT2D eigenvalue weighted by Crippen LogP contribution is 2.25. The molecular weight excluding hydrogens is 240 g/mol. The molecule has 1 aromatic rings. The molecule has 19 heavy (non-hydrogen) atoms. The lowest BCUT2D eigenvalue weighted by molar-refractivity contribution is -0.121. The summed E-state index contributed by atoms with van der Waals surface area (Å²) in [6, 6.07) is 4.36. The van der Waals surface area contributed by atoms with E-state index < -0.39 is 0 Å². The van der Waals surface area contributed by atoms with Crippen LogP contribution >= 0.6 is 0 Å². The average Bonchev–Trinajstić information content (AvgIpc) is 2.31. The van der Waals surface area contributed by atoms with Gasteiger partial charge in [-0.2, -0.15) is 0 Å². The number of carbonyl (C=O) groups excluding carboxylic acids is 1. The molecule has 0 aromatic heterocycles. The minimum atomic E-state index is -0.0103. The van der Waals surface area contributed by atoms with Crippen molar-refractivity contribution in [3.8, 4) is 5.75 Å². The van der Waals surface area contributed by atoms with Gasteiger partial charge in [-0.25, -0.2) is 0 Å². The second kappa shape index (κ2) is 7.14. The fourth-order valence-electron chi connectivity index (χ4n) is 2.13. The van der Waals surface area contributed by atoms with Crippen LogP contribution in [0, 0.1) is 13.8 Å². The molecule has 0 aliphatic heterocycles. The first-order chi connectivity index (χ1) is 8.93. The zero-order valence-electron chi connectivity index (χ0n) is 12.2. The lowest BCUT2D eigenvalue weighted by Crippen LogP contribution is -2.20. The van der Waals surface area contributed by atoms with E-state index in [1.807, 2.05) is 20.8 Å². The predicted octanol–water partition coefficient (Wildman–Crippen LogP) is 1.71. The Kier molecular flexibility index (Phi) is 5.83. The average molecular weight is 264 g/mol. The first-order valence-electron chi connectivity index (χ1n) is 6.63. The molecule has 0 bridgehead atoms. The SMILES string of the molecule is CNC(=O)CCOc1c(C)cc(CC(C)N)cc1C. The van der Waals surface area contributed by atoms with Gasteiger partial charge in [0.15, 0.2) is 0 Å². The van der Waals surface area contributed by atoms with Crippen LogP contribution in [-0.4, -0.2) is 25.6 Å². The molecule has 1 atom stereocenters. The second-order valence-corrected chi connectivity index (χ2v) is 5.01. The molecule has 3 N–H and O–H groups in total. The molecule has 4 heteroatoms. The molecule has 0 saturated carbocycles. The monoisotopic (exact) mass is 264 g/mol. The molecule has 1 aromatic carbocycles. The number of nitrogens with two attached hydrogens (primary N) is 1. The number of ether oxygens (including phenoxy) is 1. The Morgan fingerprint density at radius 2 is 1.95 bits per heavy atom. The van der Waals surface area contributed by atoms with Crippen molar-refractivity contribution >= 4 is 5.91 Å². The van der Waals surface area contributed by atoms with Gasteiger partial charge in [0.25, 0.3) is 0 Å². The third-order valence-electron chi connectivity index (χ3n) is 2.93. The molecule has 0 aliphatic rings. The highest BCUT2D eigenvalue weighted by molar-refractivity contribution is 5.75. The lowest BCUT2D eigenvalue weighted by Gasteiger charge is -2.15. The molecule has 0 spiro atoms. The number of hydrogen-bond acceptors (Lipinski definition) is 3. The summed E-state index contributed by atoms with van der Waals surface area (Å²) in [4.78, 5) is 11.1. The smallest absolute Gasteiger partial charge is 0.223 e. The van der Waals surface area contributed by atoms with Crippen molar-refractivity contribution in [1.82, 2.24) is 5.32 Å². The third kappa shape index (κ3) is 4.91. The standard InChI is InChI=1S/C15H24N2O2/c1-10-7-13(9-12(3)16)8-11(2)15(10)19-6-5-14(18)17-4/h7-8,12H,5-6,9,16H2,1-4H3,(H,17,18). The molecule has 0 aliphatic carbocycles. The molecule has 1 amide bonds. The molecule has 0 radical (unpaired) electrons. The van der Waals surface area contributed by atoms with Gasteiger partial charge in [0, 0.05) is 13.1 Å². The van der Waals surface area contributed by atoms with Crippen LogP contribution in [0.5, 0.6) is 5.75 Å². The minimum Gasteiger partial charge on any atom is -0.493 e. The van der Waals surface area contributed by atoms with Crippen molar-refractivity contribution in [3.05, 3.63) is 28.8 Å². The van der Waals surface area contributed by atoms with Crippen LogP contribution < -0.4 is 15.8 Å². The molecular formula is C15H24N2O2. The van der Waals surface area contributed by atoms with Gasteiger partial charge in [0.2, 0.25) is 5.91 Å². The normalized spacial score (nSPS) is 12.1. The Labute approximate surface area is 115 Å². The topological polar surface area (TPSA) is 64.3 Å². The number of carbonyl (C=O) groups is 1. The molecule has 106 valence electrons. The number of benzene rings is 1. The summed E-state index contributed by atoms with van der Waals surface area (Å²) in [6.07, 6.45) is 1.23. The van der Waals surface area contributed by atoms with Gasteiger partial charge in [-0.3, -0.25) is 4.79 Å². The zero-order valence-corrected chi connectivity index (χ0v) is 12.2. The Balaban J connectivity index is 2.71. The van der Waals surface area contributed by atoms with Crippen LogP contribution in [-0.2, 0) is 11.2 Å². The van der Waals surface area contributed by atoms with Crippen molar-refractivity contribution in [3.63, 3.8) is 0 Å². The lowest BCUT2D eigenvalue weighted by atomic mass is 10.0. The van der Waals surface area contributed by atoms with E-state index in [-0.39, 0.29) is 11.9 Å². The van der Waals surface area contributed by atoms with E-state index in [4.69, 9.17) is 10.5 Å². The third-order valence-corrected chi connectivity index (χ3v) is 2.93. The van der Waals surface area contributed by atoms with Crippen molar-refractivity contribution in [2.75, 3.05) is 13.7 Å². The number of nitrogens with one attached hydrogen (secondary N) is 1. The van der Waals surface area contributed by atoms with Crippen LogP contribution in [0.1, 0.15) is 30.0 Å². The molecule has 0 saturated heterocycles. The quantitative estimate of drug-likeness (QED) is 0.822. The van der Waals surface area contributed by atoms with Crippen LogP contribution in [0.3, 0.4) is 0 Å². The van der Waals surface area contributed by atoms with Crippen molar-refractivity contribution in [1.29, 1.82) is 0 Å². The maximum atomic E-state index is 11.1. The van der Waals surface area contributed by atoms with Crippen molar-refractivity contribution in [2.45, 2.75) is 39.7 Å². The highest BCUT2D eigenvalue weighted by Gasteiger charge is 2.08. The van der Waals surface area contributed by atoms with Gasteiger partial charge in [-0.1, -0.05) is 12.1 Å². The van der Waals surface area contributed by atoms with Gasteiger partial charge < -0.3 is 15.8 Å². The first-order valence-corrected chi connectivity index (χ1v) is 6.63. The van der Waals surface area contributed by atoms with Crippen LogP contribution in [0.15, 0.2) is 12.1 Å². The maximum absolute atomic E-state index is 11.1. The largest absolute Gasteiger partial charge is 0.493 e. The molecule has 4 nitrogen and oxygen atoms in total. The van der Waals surface area contributed by atoms with E-state index in [9.17, 15) is 4.79 Å². The van der Waals surface area contributed by atoms with Gasteiger partial charge in [-0.05, 0) is 43.9 Å². The van der Waals surface area contributed by atoms with Gasteiger partial charge in [0.1, 0.15) is 5.75 Å². The van der Waals surface area contributed by atoms with Crippen molar-refractivity contribution in [2.24, 2.45) is 5.73 Å². The summed E-state index contributed by atoms with van der Waals surface area (Å²) >= 11 is 0. The van der Waals surface area contributed by atoms with Crippen molar-refractivity contribution < 1.29 is 9.53 Å². The van der Waals surface area contributed by atoms with Crippen LogP contribution in [0.2, 0.25) is 0 Å². The van der Waals surface area contributed by atoms with E-state index in [0.29, 0.717) is 13.0 Å².